The van der Waals surface area contributed by atoms with Crippen molar-refractivity contribution < 1.29 is 13.9 Å². The maximum atomic E-state index is 13.1. The largest absolute Gasteiger partial charge is 0.497 e. The zero-order valence-electron chi connectivity index (χ0n) is 11.8. The molecular weight excluding hydrogens is 271 g/mol. The van der Waals surface area contributed by atoms with Gasteiger partial charge in [0.15, 0.2) is 0 Å². The minimum Gasteiger partial charge on any atom is -0.497 e. The SMILES string of the molecule is COc1ccc(CNc2ccc(F)cc2C#N)c(OC)c1. The normalized spacial score (nSPS) is 9.81. The molecule has 2 aromatic rings. The number of methoxy groups -OCH3 is 2. The topological polar surface area (TPSA) is 54.3 Å². The predicted octanol–water partition coefficient (Wildman–Crippen LogP) is 3.33. The summed E-state index contributed by atoms with van der Waals surface area (Å²) in [4.78, 5) is 0. The van der Waals surface area contributed by atoms with E-state index in [2.05, 4.69) is 5.32 Å². The molecule has 0 bridgehead atoms. The van der Waals surface area contributed by atoms with Crippen molar-refractivity contribution in [2.75, 3.05) is 19.5 Å². The third-order valence-corrected chi connectivity index (χ3v) is 3.07. The molecule has 0 heterocycles. The van der Waals surface area contributed by atoms with Crippen LogP contribution in [0.4, 0.5) is 10.1 Å². The molecule has 1 N–H and O–H groups in total. The molecule has 21 heavy (non-hydrogen) atoms. The first-order valence-corrected chi connectivity index (χ1v) is 6.32. The van der Waals surface area contributed by atoms with Crippen LogP contribution in [0, 0.1) is 17.1 Å². The fourth-order valence-electron chi connectivity index (χ4n) is 1.95. The van der Waals surface area contributed by atoms with Gasteiger partial charge < -0.3 is 14.8 Å². The van der Waals surface area contributed by atoms with Crippen LogP contribution in [-0.2, 0) is 6.54 Å². The minimum atomic E-state index is -0.431. The molecule has 0 aromatic heterocycles. The van der Waals surface area contributed by atoms with Crippen molar-refractivity contribution in [2.24, 2.45) is 0 Å². The molecular formula is C16H15FN2O2. The molecule has 108 valence electrons. The quantitative estimate of drug-likeness (QED) is 0.916. The van der Waals surface area contributed by atoms with E-state index in [9.17, 15) is 4.39 Å². The van der Waals surface area contributed by atoms with Gasteiger partial charge in [0.2, 0.25) is 0 Å². The molecule has 0 amide bonds. The predicted molar refractivity (Wildman–Crippen MR) is 78.0 cm³/mol. The molecule has 5 heteroatoms. The van der Waals surface area contributed by atoms with Gasteiger partial charge in [0.25, 0.3) is 0 Å². The zero-order valence-corrected chi connectivity index (χ0v) is 11.8. The molecule has 0 atom stereocenters. The number of nitrogens with one attached hydrogen (secondary N) is 1. The second-order valence-corrected chi connectivity index (χ2v) is 4.33. The van der Waals surface area contributed by atoms with Crippen molar-refractivity contribution in [1.29, 1.82) is 5.26 Å². The highest BCUT2D eigenvalue weighted by molar-refractivity contribution is 5.58. The lowest BCUT2D eigenvalue weighted by molar-refractivity contribution is 0.391. The maximum Gasteiger partial charge on any atom is 0.127 e. The van der Waals surface area contributed by atoms with Crippen LogP contribution >= 0.6 is 0 Å². The molecule has 0 saturated carbocycles. The van der Waals surface area contributed by atoms with Crippen molar-refractivity contribution in [1.82, 2.24) is 0 Å². The summed E-state index contributed by atoms with van der Waals surface area (Å²) >= 11 is 0. The number of nitrogens with zero attached hydrogens (tertiary/aromatic N) is 1. The third-order valence-electron chi connectivity index (χ3n) is 3.07. The number of nitriles is 1. The summed E-state index contributed by atoms with van der Waals surface area (Å²) in [6, 6.07) is 11.5. The van der Waals surface area contributed by atoms with Crippen molar-refractivity contribution in [3.63, 3.8) is 0 Å². The molecule has 2 aromatic carbocycles. The number of anilines is 1. The van der Waals surface area contributed by atoms with Gasteiger partial charge in [0, 0.05) is 18.2 Å². The van der Waals surface area contributed by atoms with E-state index in [4.69, 9.17) is 14.7 Å². The minimum absolute atomic E-state index is 0.266. The Hall–Kier alpha value is -2.74. The summed E-state index contributed by atoms with van der Waals surface area (Å²) in [7, 11) is 3.17. The number of halogens is 1. The lowest BCUT2D eigenvalue weighted by Crippen LogP contribution is -2.03. The van der Waals surface area contributed by atoms with Crippen LogP contribution < -0.4 is 14.8 Å². The lowest BCUT2D eigenvalue weighted by atomic mass is 10.1. The Kier molecular flexibility index (Phi) is 4.62. The molecule has 0 aliphatic heterocycles. The number of ether oxygens (including phenoxy) is 2. The number of benzene rings is 2. The van der Waals surface area contributed by atoms with Gasteiger partial charge in [-0.3, -0.25) is 0 Å². The lowest BCUT2D eigenvalue weighted by Gasteiger charge is -2.12. The molecule has 0 saturated heterocycles. The summed E-state index contributed by atoms with van der Waals surface area (Å²) in [6.45, 7) is 0.452. The smallest absolute Gasteiger partial charge is 0.127 e. The first kappa shape index (κ1) is 14.7. The Bertz CT molecular complexity index is 680. The number of hydrogen-bond donors (Lipinski definition) is 1. The van der Waals surface area contributed by atoms with Crippen LogP contribution in [0.15, 0.2) is 36.4 Å². The Balaban J connectivity index is 2.19. The van der Waals surface area contributed by atoms with Gasteiger partial charge in [0.05, 0.1) is 25.5 Å². The third kappa shape index (κ3) is 3.42. The Morgan fingerprint density at radius 2 is 1.95 bits per heavy atom. The van der Waals surface area contributed by atoms with Crippen molar-refractivity contribution in [3.05, 3.63) is 53.3 Å². The van der Waals surface area contributed by atoms with Crippen molar-refractivity contribution in [3.8, 4) is 17.6 Å². The Labute approximate surface area is 122 Å². The van der Waals surface area contributed by atoms with E-state index in [0.717, 1.165) is 5.56 Å². The molecule has 0 fully saturated rings. The van der Waals surface area contributed by atoms with E-state index >= 15 is 0 Å². The van der Waals surface area contributed by atoms with Gasteiger partial charge in [0.1, 0.15) is 23.4 Å². The zero-order chi connectivity index (χ0) is 15.2. The molecule has 0 radical (unpaired) electrons. The molecule has 4 nitrogen and oxygen atoms in total. The van der Waals surface area contributed by atoms with E-state index in [0.29, 0.717) is 23.7 Å². The van der Waals surface area contributed by atoms with E-state index in [1.807, 2.05) is 18.2 Å². The van der Waals surface area contributed by atoms with Gasteiger partial charge in [-0.2, -0.15) is 5.26 Å². The molecule has 2 rings (SSSR count). The van der Waals surface area contributed by atoms with Crippen LogP contribution in [0.2, 0.25) is 0 Å². The monoisotopic (exact) mass is 286 g/mol. The first-order valence-electron chi connectivity index (χ1n) is 6.32. The summed E-state index contributed by atoms with van der Waals surface area (Å²) in [5.74, 6) is 0.955. The number of rotatable bonds is 5. The van der Waals surface area contributed by atoms with Gasteiger partial charge in [-0.05, 0) is 30.3 Å². The highest BCUT2D eigenvalue weighted by Gasteiger charge is 2.07. The van der Waals surface area contributed by atoms with Crippen LogP contribution in [0.1, 0.15) is 11.1 Å². The van der Waals surface area contributed by atoms with Gasteiger partial charge in [-0.15, -0.1) is 0 Å². The highest BCUT2D eigenvalue weighted by Crippen LogP contribution is 2.26. The van der Waals surface area contributed by atoms with E-state index in [1.54, 1.807) is 26.4 Å². The summed E-state index contributed by atoms with van der Waals surface area (Å²) < 4.78 is 23.5. The molecule has 0 aliphatic carbocycles. The van der Waals surface area contributed by atoms with Gasteiger partial charge >= 0.3 is 0 Å². The molecule has 0 spiro atoms. The van der Waals surface area contributed by atoms with Crippen LogP contribution in [0.25, 0.3) is 0 Å². The second kappa shape index (κ2) is 6.62. The maximum absolute atomic E-state index is 13.1. The van der Waals surface area contributed by atoms with Crippen LogP contribution in [0.3, 0.4) is 0 Å². The van der Waals surface area contributed by atoms with Gasteiger partial charge in [-0.25, -0.2) is 4.39 Å². The summed E-state index contributed by atoms with van der Waals surface area (Å²) in [5, 5.41) is 12.1. The summed E-state index contributed by atoms with van der Waals surface area (Å²) in [6.07, 6.45) is 0. The van der Waals surface area contributed by atoms with Crippen molar-refractivity contribution in [2.45, 2.75) is 6.54 Å². The summed E-state index contributed by atoms with van der Waals surface area (Å²) in [5.41, 5.74) is 1.76. The molecule has 0 unspecified atom stereocenters. The average Bonchev–Trinajstić information content (AvgIpc) is 2.53. The fraction of sp³-hybridized carbons (Fsp3) is 0.188. The van der Waals surface area contributed by atoms with E-state index in [-0.39, 0.29) is 5.56 Å². The second-order valence-electron chi connectivity index (χ2n) is 4.33. The Morgan fingerprint density at radius 1 is 1.14 bits per heavy atom. The van der Waals surface area contributed by atoms with Gasteiger partial charge in [-0.1, -0.05) is 0 Å². The average molecular weight is 286 g/mol. The van der Waals surface area contributed by atoms with Crippen LogP contribution in [-0.4, -0.2) is 14.2 Å². The molecule has 0 aliphatic rings. The Morgan fingerprint density at radius 3 is 2.62 bits per heavy atom. The number of hydrogen-bond acceptors (Lipinski definition) is 4. The van der Waals surface area contributed by atoms with E-state index < -0.39 is 5.82 Å². The van der Waals surface area contributed by atoms with E-state index in [1.165, 1.54) is 12.1 Å². The fourth-order valence-corrected chi connectivity index (χ4v) is 1.95. The highest BCUT2D eigenvalue weighted by atomic mass is 19.1. The standard InChI is InChI=1S/C16H15FN2O2/c1-20-14-5-3-11(16(8-14)21-2)10-19-15-6-4-13(17)7-12(15)9-18/h3-8,19H,10H2,1-2H3. The van der Waals surface area contributed by atoms with Crippen LogP contribution in [0.5, 0.6) is 11.5 Å². The van der Waals surface area contributed by atoms with Crippen molar-refractivity contribution >= 4 is 5.69 Å². The first-order chi connectivity index (χ1) is 10.2.